The summed E-state index contributed by atoms with van der Waals surface area (Å²) in [5, 5.41) is 3.22. The molecule has 0 aromatic carbocycles. The van der Waals surface area contributed by atoms with Gasteiger partial charge >= 0.3 is 0 Å². The lowest BCUT2D eigenvalue weighted by molar-refractivity contribution is -0.136. The maximum absolute atomic E-state index is 12.4. The molecule has 1 aliphatic heterocycles. The molecule has 0 radical (unpaired) electrons. The molecule has 0 spiro atoms. The van der Waals surface area contributed by atoms with Crippen molar-refractivity contribution in [1.29, 1.82) is 0 Å². The molecule has 1 saturated carbocycles. The molecule has 86 valence electrons. The van der Waals surface area contributed by atoms with E-state index < -0.39 is 0 Å². The number of hydrogen-bond acceptors (Lipinski definition) is 2. The van der Waals surface area contributed by atoms with E-state index in [1.807, 2.05) is 0 Å². The average molecular weight is 209 g/mol. The molecule has 0 aromatic rings. The van der Waals surface area contributed by atoms with Crippen LogP contribution in [0, 0.1) is 23.2 Å². The third-order valence-electron chi connectivity index (χ3n) is 4.17. The molecule has 1 saturated heterocycles. The van der Waals surface area contributed by atoms with Gasteiger partial charge in [0.2, 0.25) is 0 Å². The van der Waals surface area contributed by atoms with Crippen LogP contribution in [0.5, 0.6) is 0 Å². The van der Waals surface area contributed by atoms with E-state index in [9.17, 15) is 4.79 Å². The van der Waals surface area contributed by atoms with E-state index in [4.69, 9.17) is 0 Å². The molecule has 1 aliphatic carbocycles. The number of ketones is 1. The van der Waals surface area contributed by atoms with Crippen LogP contribution < -0.4 is 5.32 Å². The Balaban J connectivity index is 2.00. The zero-order valence-corrected chi connectivity index (χ0v) is 10.2. The summed E-state index contributed by atoms with van der Waals surface area (Å²) >= 11 is 0. The second kappa shape index (κ2) is 3.89. The lowest BCUT2D eigenvalue weighted by Crippen LogP contribution is -2.58. The second-order valence-corrected chi connectivity index (χ2v) is 6.14. The number of rotatable bonds is 2. The minimum Gasteiger partial charge on any atom is -0.315 e. The smallest absolute Gasteiger partial charge is 0.144 e. The van der Waals surface area contributed by atoms with E-state index in [1.165, 1.54) is 6.42 Å². The predicted octanol–water partition coefficient (Wildman–Crippen LogP) is 2.24. The first-order valence-corrected chi connectivity index (χ1v) is 6.26. The monoisotopic (exact) mass is 209 g/mol. The average Bonchev–Trinajstić information content (AvgIpc) is 2.11. The highest BCUT2D eigenvalue weighted by Gasteiger charge is 2.43. The SMILES string of the molecule is CC1CC(C)CC(C(=O)C2(C)CNC2)C1. The zero-order valence-electron chi connectivity index (χ0n) is 10.2. The lowest BCUT2D eigenvalue weighted by Gasteiger charge is -2.42. The van der Waals surface area contributed by atoms with Crippen LogP contribution in [-0.2, 0) is 4.79 Å². The van der Waals surface area contributed by atoms with E-state index in [0.717, 1.165) is 37.8 Å². The Morgan fingerprint density at radius 2 is 1.67 bits per heavy atom. The standard InChI is InChI=1S/C13H23NO/c1-9-4-10(2)6-11(5-9)12(15)13(3)7-14-8-13/h9-11,14H,4-8H2,1-3H3. The lowest BCUT2D eigenvalue weighted by atomic mass is 9.67. The van der Waals surface area contributed by atoms with Crippen LogP contribution in [0.3, 0.4) is 0 Å². The summed E-state index contributed by atoms with van der Waals surface area (Å²) < 4.78 is 0. The van der Waals surface area contributed by atoms with Crippen molar-refractivity contribution in [3.05, 3.63) is 0 Å². The number of carbonyl (C=O) groups is 1. The van der Waals surface area contributed by atoms with Gasteiger partial charge in [0.1, 0.15) is 5.78 Å². The van der Waals surface area contributed by atoms with Crippen molar-refractivity contribution in [3.63, 3.8) is 0 Å². The molecular formula is C13H23NO. The van der Waals surface area contributed by atoms with Crippen LogP contribution in [0.15, 0.2) is 0 Å². The molecule has 2 unspecified atom stereocenters. The van der Waals surface area contributed by atoms with Gasteiger partial charge in [0.25, 0.3) is 0 Å². The van der Waals surface area contributed by atoms with E-state index in [2.05, 4.69) is 26.1 Å². The predicted molar refractivity (Wildman–Crippen MR) is 61.7 cm³/mol. The Hall–Kier alpha value is -0.370. The summed E-state index contributed by atoms with van der Waals surface area (Å²) in [6.45, 7) is 8.49. The van der Waals surface area contributed by atoms with Gasteiger partial charge in [-0.3, -0.25) is 4.79 Å². The maximum Gasteiger partial charge on any atom is 0.144 e. The maximum atomic E-state index is 12.4. The van der Waals surface area contributed by atoms with E-state index in [1.54, 1.807) is 0 Å². The third-order valence-corrected chi connectivity index (χ3v) is 4.17. The molecule has 0 bridgehead atoms. The van der Waals surface area contributed by atoms with Crippen molar-refractivity contribution < 1.29 is 4.79 Å². The summed E-state index contributed by atoms with van der Waals surface area (Å²) in [5.74, 6) is 2.34. The first-order valence-electron chi connectivity index (χ1n) is 6.26. The van der Waals surface area contributed by atoms with E-state index >= 15 is 0 Å². The van der Waals surface area contributed by atoms with Crippen molar-refractivity contribution in [2.45, 2.75) is 40.0 Å². The van der Waals surface area contributed by atoms with Gasteiger partial charge in [-0.25, -0.2) is 0 Å². The molecule has 2 fully saturated rings. The van der Waals surface area contributed by atoms with Gasteiger partial charge in [-0.1, -0.05) is 20.8 Å². The highest BCUT2D eigenvalue weighted by atomic mass is 16.1. The van der Waals surface area contributed by atoms with Gasteiger partial charge in [0.05, 0.1) is 5.41 Å². The number of carbonyl (C=O) groups excluding carboxylic acids is 1. The Kier molecular flexibility index (Phi) is 2.89. The Labute approximate surface area is 92.8 Å². The molecule has 1 heterocycles. The van der Waals surface area contributed by atoms with Crippen molar-refractivity contribution in [2.24, 2.45) is 23.2 Å². The van der Waals surface area contributed by atoms with Crippen LogP contribution in [0.2, 0.25) is 0 Å². The van der Waals surface area contributed by atoms with Gasteiger partial charge in [-0.05, 0) is 31.1 Å². The second-order valence-electron chi connectivity index (χ2n) is 6.14. The van der Waals surface area contributed by atoms with Gasteiger partial charge in [-0.2, -0.15) is 0 Å². The Morgan fingerprint density at radius 1 is 1.13 bits per heavy atom. The van der Waals surface area contributed by atoms with Crippen molar-refractivity contribution in [1.82, 2.24) is 5.32 Å². The summed E-state index contributed by atoms with van der Waals surface area (Å²) in [6, 6.07) is 0. The molecule has 2 heteroatoms. The van der Waals surface area contributed by atoms with Crippen molar-refractivity contribution >= 4 is 5.78 Å². The van der Waals surface area contributed by atoms with Crippen LogP contribution in [0.4, 0.5) is 0 Å². The molecule has 2 aliphatic rings. The fourth-order valence-electron chi connectivity index (χ4n) is 3.33. The van der Waals surface area contributed by atoms with E-state index in [-0.39, 0.29) is 5.41 Å². The quantitative estimate of drug-likeness (QED) is 0.755. The van der Waals surface area contributed by atoms with Crippen molar-refractivity contribution in [3.8, 4) is 0 Å². The number of Topliss-reactive ketones (excluding diaryl/α,β-unsaturated/α-hetero) is 1. The first kappa shape index (κ1) is 11.1. The number of hydrogen-bond donors (Lipinski definition) is 1. The summed E-state index contributed by atoms with van der Waals surface area (Å²) in [4.78, 5) is 12.4. The zero-order chi connectivity index (χ0) is 11.1. The van der Waals surface area contributed by atoms with Crippen LogP contribution in [0.25, 0.3) is 0 Å². The molecule has 15 heavy (non-hydrogen) atoms. The Morgan fingerprint density at radius 3 is 2.07 bits per heavy atom. The van der Waals surface area contributed by atoms with Gasteiger partial charge in [0, 0.05) is 19.0 Å². The fourth-order valence-corrected chi connectivity index (χ4v) is 3.33. The molecule has 0 aromatic heterocycles. The van der Waals surface area contributed by atoms with E-state index in [0.29, 0.717) is 11.7 Å². The highest BCUT2D eigenvalue weighted by molar-refractivity contribution is 5.88. The fraction of sp³-hybridized carbons (Fsp3) is 0.923. The van der Waals surface area contributed by atoms with Gasteiger partial charge in [-0.15, -0.1) is 0 Å². The van der Waals surface area contributed by atoms with Crippen LogP contribution in [-0.4, -0.2) is 18.9 Å². The first-order chi connectivity index (χ1) is 7.01. The summed E-state index contributed by atoms with van der Waals surface area (Å²) in [5.41, 5.74) is -0.0402. The molecular weight excluding hydrogens is 186 g/mol. The summed E-state index contributed by atoms with van der Waals surface area (Å²) in [6.07, 6.45) is 3.55. The minimum atomic E-state index is -0.0402. The number of nitrogens with one attached hydrogen (secondary N) is 1. The minimum absolute atomic E-state index is 0.0402. The van der Waals surface area contributed by atoms with Crippen molar-refractivity contribution in [2.75, 3.05) is 13.1 Å². The molecule has 2 rings (SSSR count). The summed E-state index contributed by atoms with van der Waals surface area (Å²) in [7, 11) is 0. The molecule has 2 nitrogen and oxygen atoms in total. The van der Waals surface area contributed by atoms with Crippen LogP contribution in [0.1, 0.15) is 40.0 Å². The normalized spacial score (nSPS) is 39.5. The van der Waals surface area contributed by atoms with Crippen LogP contribution >= 0.6 is 0 Å². The van der Waals surface area contributed by atoms with Gasteiger partial charge < -0.3 is 5.32 Å². The topological polar surface area (TPSA) is 29.1 Å². The Bertz CT molecular complexity index is 247. The highest BCUT2D eigenvalue weighted by Crippen LogP contribution is 2.38. The molecule has 1 N–H and O–H groups in total. The van der Waals surface area contributed by atoms with Gasteiger partial charge in [0.15, 0.2) is 0 Å². The largest absolute Gasteiger partial charge is 0.315 e. The molecule has 2 atom stereocenters. The third kappa shape index (κ3) is 2.10. The molecule has 0 amide bonds.